The van der Waals surface area contributed by atoms with Gasteiger partial charge in [0, 0.05) is 33.2 Å². The number of hydrogen-bond donors (Lipinski definition) is 0. The minimum Gasteiger partial charge on any atom is -0.477 e. The lowest BCUT2D eigenvalue weighted by molar-refractivity contribution is 0.400. The Hall–Kier alpha value is -3.21. The molecule has 10 heteroatoms. The molecule has 3 heterocycles. The lowest BCUT2D eigenvalue weighted by Crippen LogP contribution is -2.43. The highest BCUT2D eigenvalue weighted by atomic mass is 32.1. The topological polar surface area (TPSA) is 29.6 Å². The standard InChI is InChI=1S/C33H39BN6S3/c1-31(2,3)35-22-16-10-13-19-25(22)38(28(35)41)34(39-26-20-14-11-17-23(26)36(29(39)42)32(4,5)6)40-27-21-15-12-18-24(27)37(30(40)43)33(7,8)9/h10-21H,1-9H3/q-1. The van der Waals surface area contributed by atoms with E-state index in [0.29, 0.717) is 14.3 Å². The lowest BCUT2D eigenvalue weighted by Gasteiger charge is -2.36. The van der Waals surface area contributed by atoms with E-state index < -0.39 is 7.12 Å². The van der Waals surface area contributed by atoms with Gasteiger partial charge in [-0.1, -0.05) is 36.4 Å². The molecule has 6 rings (SSSR count). The molecule has 0 aliphatic heterocycles. The summed E-state index contributed by atoms with van der Waals surface area (Å²) in [6, 6.07) is 25.4. The highest BCUT2D eigenvalue weighted by molar-refractivity contribution is 7.71. The monoisotopic (exact) mass is 626 g/mol. The lowest BCUT2D eigenvalue weighted by atomic mass is 9.90. The van der Waals surface area contributed by atoms with Crippen LogP contribution in [0.5, 0.6) is 0 Å². The average Bonchev–Trinajstić information content (AvgIpc) is 3.48. The Morgan fingerprint density at radius 1 is 0.395 bits per heavy atom. The van der Waals surface area contributed by atoms with E-state index >= 15 is 0 Å². The molecule has 1 radical (unpaired) electrons. The highest BCUT2D eigenvalue weighted by Gasteiger charge is 2.28. The van der Waals surface area contributed by atoms with Crippen LogP contribution in [-0.4, -0.2) is 34.3 Å². The Morgan fingerprint density at radius 2 is 0.605 bits per heavy atom. The molecule has 0 N–H and O–H groups in total. The summed E-state index contributed by atoms with van der Waals surface area (Å²) in [6.45, 7) is 19.8. The maximum atomic E-state index is 6.43. The number of aromatic nitrogens is 6. The third-order valence-corrected chi connectivity index (χ3v) is 9.18. The van der Waals surface area contributed by atoms with Crippen LogP contribution >= 0.6 is 36.7 Å². The van der Waals surface area contributed by atoms with Crippen LogP contribution in [0.1, 0.15) is 62.3 Å². The van der Waals surface area contributed by atoms with Gasteiger partial charge in [-0.15, -0.1) is 0 Å². The summed E-state index contributed by atoms with van der Waals surface area (Å²) in [5.74, 6) is 0. The number of imidazole rings is 3. The number of rotatable bonds is 3. The van der Waals surface area contributed by atoms with Crippen LogP contribution in [0, 0.1) is 14.3 Å². The largest absolute Gasteiger partial charge is 0.477 e. The fourth-order valence-corrected chi connectivity index (χ4v) is 8.17. The Labute approximate surface area is 268 Å². The van der Waals surface area contributed by atoms with E-state index in [-0.39, 0.29) is 16.6 Å². The summed E-state index contributed by atoms with van der Waals surface area (Å²) < 4.78 is 15.6. The first kappa shape index (κ1) is 29.8. The zero-order valence-corrected chi connectivity index (χ0v) is 28.9. The second-order valence-corrected chi connectivity index (χ2v) is 15.4. The summed E-state index contributed by atoms with van der Waals surface area (Å²) in [7, 11) is -0.511. The minimum atomic E-state index is -0.511. The van der Waals surface area contributed by atoms with Gasteiger partial charge in [0.25, 0.3) is 0 Å². The van der Waals surface area contributed by atoms with Gasteiger partial charge in [0.1, 0.15) is 14.3 Å². The van der Waals surface area contributed by atoms with Crippen molar-refractivity contribution in [3.8, 4) is 0 Å². The van der Waals surface area contributed by atoms with Crippen molar-refractivity contribution in [2.45, 2.75) is 78.9 Å². The molecule has 0 saturated carbocycles. The molecule has 0 unspecified atom stereocenters. The van der Waals surface area contributed by atoms with E-state index in [1.807, 2.05) is 0 Å². The number of para-hydroxylation sites is 6. The van der Waals surface area contributed by atoms with Crippen molar-refractivity contribution in [3.05, 3.63) is 87.1 Å². The molecule has 223 valence electrons. The number of benzene rings is 3. The van der Waals surface area contributed by atoms with Crippen LogP contribution in [-0.2, 0) is 16.6 Å². The summed E-state index contributed by atoms with van der Waals surface area (Å²) in [4.78, 5) is 0. The molecular weight excluding hydrogens is 587 g/mol. The smallest absolute Gasteiger partial charge is 0.211 e. The normalized spacial score (nSPS) is 13.3. The van der Waals surface area contributed by atoms with Crippen molar-refractivity contribution in [3.63, 3.8) is 0 Å². The zero-order chi connectivity index (χ0) is 31.2. The van der Waals surface area contributed by atoms with Crippen molar-refractivity contribution < 1.29 is 0 Å². The molecule has 0 fully saturated rings. The summed E-state index contributed by atoms with van der Waals surface area (Å²) in [6.07, 6.45) is 0. The van der Waals surface area contributed by atoms with Gasteiger partial charge in [0.15, 0.2) is 0 Å². The van der Waals surface area contributed by atoms with Gasteiger partial charge < -0.3 is 27.1 Å². The SMILES string of the molecule is CC(C)(C)n1c(=S)n([B-](n2c(=S)n(C(C)(C)C)c3ccccc32)n2c(=S)n(C(C)(C)C)c3ccccc32)c2ccccc21. The number of nitrogens with zero attached hydrogens (tertiary/aromatic N) is 6. The maximum absolute atomic E-state index is 6.43. The highest BCUT2D eigenvalue weighted by Crippen LogP contribution is 2.33. The van der Waals surface area contributed by atoms with E-state index in [2.05, 4.69) is 162 Å². The molecule has 3 aromatic carbocycles. The second-order valence-electron chi connectivity index (χ2n) is 14.3. The average molecular weight is 627 g/mol. The van der Waals surface area contributed by atoms with Crippen LogP contribution in [0.25, 0.3) is 33.1 Å². The van der Waals surface area contributed by atoms with Gasteiger partial charge in [-0.3, -0.25) is 0 Å². The van der Waals surface area contributed by atoms with E-state index in [1.165, 1.54) is 0 Å². The molecule has 3 aromatic heterocycles. The summed E-state index contributed by atoms with van der Waals surface area (Å²) >= 11 is 19.3. The minimum absolute atomic E-state index is 0.256. The van der Waals surface area contributed by atoms with Crippen LogP contribution in [0.2, 0.25) is 0 Å². The molecule has 0 aliphatic carbocycles. The first-order valence-electron chi connectivity index (χ1n) is 14.7. The molecule has 0 aliphatic rings. The van der Waals surface area contributed by atoms with Gasteiger partial charge in [0.2, 0.25) is 7.12 Å². The third kappa shape index (κ3) is 4.52. The number of hydrogen-bond acceptors (Lipinski definition) is 3. The molecule has 0 spiro atoms. The first-order valence-corrected chi connectivity index (χ1v) is 15.9. The van der Waals surface area contributed by atoms with Gasteiger partial charge in [-0.25, -0.2) is 0 Å². The quantitative estimate of drug-likeness (QED) is 0.145. The van der Waals surface area contributed by atoms with Crippen molar-refractivity contribution in [1.82, 2.24) is 27.1 Å². The van der Waals surface area contributed by atoms with Gasteiger partial charge in [-0.2, -0.15) is 0 Å². The molecule has 0 saturated heterocycles. The predicted molar refractivity (Wildman–Crippen MR) is 189 cm³/mol. The molecule has 6 nitrogen and oxygen atoms in total. The van der Waals surface area contributed by atoms with Crippen molar-refractivity contribution in [2.75, 3.05) is 0 Å². The van der Waals surface area contributed by atoms with Gasteiger partial charge in [-0.05, 0) is 135 Å². The first-order chi connectivity index (χ1) is 20.0. The zero-order valence-electron chi connectivity index (χ0n) is 26.4. The van der Waals surface area contributed by atoms with Crippen LogP contribution in [0.4, 0.5) is 0 Å². The van der Waals surface area contributed by atoms with Crippen LogP contribution in [0.15, 0.2) is 72.8 Å². The Balaban J connectivity index is 1.90. The van der Waals surface area contributed by atoms with Crippen LogP contribution in [0.3, 0.4) is 0 Å². The van der Waals surface area contributed by atoms with Crippen molar-refractivity contribution in [1.29, 1.82) is 0 Å². The summed E-state index contributed by atoms with van der Waals surface area (Å²) in [5, 5.41) is 0. The number of fused-ring (bicyclic) bond motifs is 3. The molecule has 0 bridgehead atoms. The third-order valence-electron chi connectivity index (χ3n) is 8.04. The Bertz CT molecular complexity index is 1970. The predicted octanol–water partition coefficient (Wildman–Crippen LogP) is 9.34. The maximum Gasteiger partial charge on any atom is 0.211 e. The second kappa shape index (κ2) is 9.91. The Morgan fingerprint density at radius 3 is 0.814 bits per heavy atom. The fraction of sp³-hybridized carbons (Fsp3) is 0.364. The molecule has 6 aromatic rings. The van der Waals surface area contributed by atoms with E-state index in [9.17, 15) is 0 Å². The molecule has 0 atom stereocenters. The molecule has 0 amide bonds. The van der Waals surface area contributed by atoms with E-state index in [1.54, 1.807) is 0 Å². The Kier molecular flexibility index (Phi) is 6.88. The van der Waals surface area contributed by atoms with Crippen molar-refractivity contribution in [2.24, 2.45) is 0 Å². The molecule has 43 heavy (non-hydrogen) atoms. The molecular formula is C33H39BN6S3-. The van der Waals surface area contributed by atoms with Crippen LogP contribution < -0.4 is 0 Å². The summed E-state index contributed by atoms with van der Waals surface area (Å²) in [5.41, 5.74) is 5.52. The van der Waals surface area contributed by atoms with E-state index in [0.717, 1.165) is 33.1 Å². The fourth-order valence-electron chi connectivity index (χ4n) is 6.47. The van der Waals surface area contributed by atoms with Gasteiger partial charge in [0.05, 0.1) is 16.6 Å². The van der Waals surface area contributed by atoms with Crippen molar-refractivity contribution >= 4 is 76.9 Å². The van der Waals surface area contributed by atoms with E-state index in [4.69, 9.17) is 36.7 Å². The van der Waals surface area contributed by atoms with Gasteiger partial charge >= 0.3 is 0 Å².